The average Bonchev–Trinajstić information content (AvgIpc) is 2.40. The Morgan fingerprint density at radius 1 is 1.29 bits per heavy atom. The van der Waals surface area contributed by atoms with Gasteiger partial charge in [0.1, 0.15) is 5.75 Å². The molecule has 1 N–H and O–H groups in total. The number of phenols is 1. The second-order valence-corrected chi connectivity index (χ2v) is 5.55. The molecule has 0 aliphatic rings. The van der Waals surface area contributed by atoms with E-state index < -0.39 is 0 Å². The number of amides is 1. The third kappa shape index (κ3) is 4.72. The molecule has 116 valence electrons. The molecular weight excluding hydrogens is 292 g/mol. The zero-order chi connectivity index (χ0) is 16.2. The van der Waals surface area contributed by atoms with Gasteiger partial charge in [-0.15, -0.1) is 0 Å². The number of benzene rings is 1. The predicted octanol–water partition coefficient (Wildman–Crippen LogP) is 2.16. The van der Waals surface area contributed by atoms with Crippen LogP contribution in [0.1, 0.15) is 29.8 Å². The molecule has 1 rings (SSSR count). The van der Waals surface area contributed by atoms with E-state index in [1.54, 1.807) is 20.2 Å². The van der Waals surface area contributed by atoms with Crippen molar-refractivity contribution in [3.8, 4) is 5.75 Å². The van der Waals surface area contributed by atoms with Gasteiger partial charge in [-0.1, -0.05) is 18.5 Å². The molecule has 21 heavy (non-hydrogen) atoms. The summed E-state index contributed by atoms with van der Waals surface area (Å²) in [6.45, 7) is 4.54. The van der Waals surface area contributed by atoms with Crippen molar-refractivity contribution in [1.82, 2.24) is 9.80 Å². The maximum Gasteiger partial charge on any atom is 0.236 e. The Hall–Kier alpha value is -1.59. The Morgan fingerprint density at radius 2 is 1.90 bits per heavy atom. The quantitative estimate of drug-likeness (QED) is 0.818. The minimum atomic E-state index is -0.247. The van der Waals surface area contributed by atoms with Gasteiger partial charge in [0.05, 0.1) is 12.1 Å². The van der Waals surface area contributed by atoms with E-state index in [4.69, 9.17) is 11.6 Å². The van der Waals surface area contributed by atoms with Gasteiger partial charge < -0.3 is 10.0 Å². The standard InChI is InChI=1S/C15H21ClN2O3/c1-5-18(9-14(20)17(3)4)8-11-6-12(16)7-13(10(2)19)15(11)21/h6-7,21H,5,8-9H2,1-4H3. The van der Waals surface area contributed by atoms with Gasteiger partial charge in [0.15, 0.2) is 5.78 Å². The van der Waals surface area contributed by atoms with Crippen molar-refractivity contribution in [3.05, 3.63) is 28.3 Å². The normalized spacial score (nSPS) is 10.8. The Morgan fingerprint density at radius 3 is 2.38 bits per heavy atom. The summed E-state index contributed by atoms with van der Waals surface area (Å²) in [6.07, 6.45) is 0. The summed E-state index contributed by atoms with van der Waals surface area (Å²) in [5.74, 6) is -0.337. The molecule has 5 nitrogen and oxygen atoms in total. The smallest absolute Gasteiger partial charge is 0.236 e. The van der Waals surface area contributed by atoms with E-state index in [9.17, 15) is 14.7 Å². The molecule has 1 amide bonds. The van der Waals surface area contributed by atoms with Crippen LogP contribution in [0.4, 0.5) is 0 Å². The lowest BCUT2D eigenvalue weighted by atomic mass is 10.1. The maximum atomic E-state index is 11.8. The number of carbonyl (C=O) groups excluding carboxylic acids is 2. The molecule has 0 heterocycles. The van der Waals surface area contributed by atoms with Gasteiger partial charge in [-0.2, -0.15) is 0 Å². The maximum absolute atomic E-state index is 11.8. The van der Waals surface area contributed by atoms with Crippen LogP contribution < -0.4 is 0 Å². The highest BCUT2D eigenvalue weighted by Gasteiger charge is 2.17. The van der Waals surface area contributed by atoms with Crippen LogP contribution in [0.15, 0.2) is 12.1 Å². The molecule has 0 bridgehead atoms. The molecule has 6 heteroatoms. The summed E-state index contributed by atoms with van der Waals surface area (Å²) in [4.78, 5) is 26.7. The van der Waals surface area contributed by atoms with E-state index in [1.165, 1.54) is 17.9 Å². The summed E-state index contributed by atoms with van der Waals surface area (Å²) in [5, 5.41) is 10.6. The minimum Gasteiger partial charge on any atom is -0.507 e. The molecule has 0 atom stereocenters. The number of aromatic hydroxyl groups is 1. The van der Waals surface area contributed by atoms with Crippen molar-refractivity contribution in [3.63, 3.8) is 0 Å². The van der Waals surface area contributed by atoms with Crippen LogP contribution in [-0.4, -0.2) is 53.8 Å². The van der Waals surface area contributed by atoms with E-state index in [-0.39, 0.29) is 29.5 Å². The van der Waals surface area contributed by atoms with E-state index in [1.807, 2.05) is 11.8 Å². The second kappa shape index (κ2) is 7.43. The number of carbonyl (C=O) groups is 2. The molecule has 0 aromatic heterocycles. The van der Waals surface area contributed by atoms with Gasteiger partial charge in [-0.3, -0.25) is 14.5 Å². The van der Waals surface area contributed by atoms with Crippen LogP contribution in [0.3, 0.4) is 0 Å². The van der Waals surface area contributed by atoms with Gasteiger partial charge in [0, 0.05) is 31.2 Å². The lowest BCUT2D eigenvalue weighted by molar-refractivity contribution is -0.130. The van der Waals surface area contributed by atoms with Gasteiger partial charge >= 0.3 is 0 Å². The van der Waals surface area contributed by atoms with Gasteiger partial charge in [-0.25, -0.2) is 0 Å². The fourth-order valence-corrected chi connectivity index (χ4v) is 2.14. The van der Waals surface area contributed by atoms with Crippen LogP contribution in [0, 0.1) is 0 Å². The van der Waals surface area contributed by atoms with Crippen LogP contribution >= 0.6 is 11.6 Å². The summed E-state index contributed by atoms with van der Waals surface area (Å²) in [7, 11) is 3.39. The summed E-state index contributed by atoms with van der Waals surface area (Å²) >= 11 is 5.99. The Kier molecular flexibility index (Phi) is 6.18. The summed E-state index contributed by atoms with van der Waals surface area (Å²) < 4.78 is 0. The van der Waals surface area contributed by atoms with Crippen LogP contribution in [0.2, 0.25) is 5.02 Å². The first-order valence-electron chi connectivity index (χ1n) is 6.71. The number of hydrogen-bond acceptors (Lipinski definition) is 4. The highest BCUT2D eigenvalue weighted by molar-refractivity contribution is 6.31. The molecule has 1 aromatic rings. The van der Waals surface area contributed by atoms with Gasteiger partial charge in [0.2, 0.25) is 5.91 Å². The number of likely N-dealkylation sites (N-methyl/N-ethyl adjacent to an activating group) is 2. The molecule has 0 saturated carbocycles. The van der Waals surface area contributed by atoms with Gasteiger partial charge in [-0.05, 0) is 25.6 Å². The molecule has 1 aromatic carbocycles. The lowest BCUT2D eigenvalue weighted by Gasteiger charge is -2.22. The lowest BCUT2D eigenvalue weighted by Crippen LogP contribution is -2.36. The number of ketones is 1. The summed E-state index contributed by atoms with van der Waals surface area (Å²) in [6, 6.07) is 3.07. The van der Waals surface area contributed by atoms with Crippen LogP contribution in [0.25, 0.3) is 0 Å². The minimum absolute atomic E-state index is 0.0230. The highest BCUT2D eigenvalue weighted by atomic mass is 35.5. The average molecular weight is 313 g/mol. The number of halogens is 1. The van der Waals surface area contributed by atoms with E-state index >= 15 is 0 Å². The number of phenolic OH excluding ortho intramolecular Hbond substituents is 1. The monoisotopic (exact) mass is 312 g/mol. The van der Waals surface area contributed by atoms with E-state index in [2.05, 4.69) is 0 Å². The predicted molar refractivity (Wildman–Crippen MR) is 82.8 cm³/mol. The highest BCUT2D eigenvalue weighted by Crippen LogP contribution is 2.28. The number of rotatable bonds is 6. The second-order valence-electron chi connectivity index (χ2n) is 5.11. The van der Waals surface area contributed by atoms with Gasteiger partial charge in [0.25, 0.3) is 0 Å². The van der Waals surface area contributed by atoms with E-state index in [0.29, 0.717) is 23.7 Å². The van der Waals surface area contributed by atoms with Crippen LogP contribution in [-0.2, 0) is 11.3 Å². The van der Waals surface area contributed by atoms with Crippen molar-refractivity contribution >= 4 is 23.3 Å². The zero-order valence-electron chi connectivity index (χ0n) is 12.8. The van der Waals surface area contributed by atoms with Crippen molar-refractivity contribution < 1.29 is 14.7 Å². The van der Waals surface area contributed by atoms with Crippen molar-refractivity contribution in [2.24, 2.45) is 0 Å². The third-order valence-electron chi connectivity index (χ3n) is 3.23. The molecule has 0 saturated heterocycles. The Balaban J connectivity index is 3.00. The third-order valence-corrected chi connectivity index (χ3v) is 3.45. The van der Waals surface area contributed by atoms with Crippen molar-refractivity contribution in [2.45, 2.75) is 20.4 Å². The fourth-order valence-electron chi connectivity index (χ4n) is 1.90. The molecule has 0 radical (unpaired) electrons. The van der Waals surface area contributed by atoms with Crippen molar-refractivity contribution in [2.75, 3.05) is 27.2 Å². The molecular formula is C15H21ClN2O3. The number of nitrogens with zero attached hydrogens (tertiary/aromatic N) is 2. The number of hydrogen-bond donors (Lipinski definition) is 1. The molecule has 0 unspecified atom stereocenters. The molecule has 0 aliphatic heterocycles. The first-order valence-corrected chi connectivity index (χ1v) is 7.08. The zero-order valence-corrected chi connectivity index (χ0v) is 13.6. The Bertz CT molecular complexity index is 544. The van der Waals surface area contributed by atoms with E-state index in [0.717, 1.165) is 0 Å². The molecule has 0 fully saturated rings. The number of Topliss-reactive ketones (excluding diaryl/α,β-unsaturated/α-hetero) is 1. The molecule has 0 aliphatic carbocycles. The van der Waals surface area contributed by atoms with Crippen LogP contribution in [0.5, 0.6) is 5.75 Å². The Labute approximate surface area is 130 Å². The first-order chi connectivity index (χ1) is 9.76. The van der Waals surface area contributed by atoms with Crippen molar-refractivity contribution in [1.29, 1.82) is 0 Å². The fraction of sp³-hybridized carbons (Fsp3) is 0.467. The molecule has 0 spiro atoms. The summed E-state index contributed by atoms with van der Waals surface area (Å²) in [5.41, 5.74) is 0.744. The largest absolute Gasteiger partial charge is 0.507 e. The topological polar surface area (TPSA) is 60.9 Å². The first kappa shape index (κ1) is 17.5. The SMILES string of the molecule is CCN(CC(=O)N(C)C)Cc1cc(Cl)cc(C(C)=O)c1O.